The Bertz CT molecular complexity index is 849. The van der Waals surface area contributed by atoms with Gasteiger partial charge in [-0.1, -0.05) is 24.3 Å². The number of rotatable bonds is 6. The number of amides is 1. The minimum absolute atomic E-state index is 0. The number of nitrogens with zero attached hydrogens (tertiary/aromatic N) is 3. The number of aliphatic imine (C=N–C) groups is 1. The van der Waals surface area contributed by atoms with Crippen LogP contribution in [0.4, 0.5) is 5.69 Å². The summed E-state index contributed by atoms with van der Waals surface area (Å²) in [5.41, 5.74) is 4.31. The first-order valence-electron chi connectivity index (χ1n) is 10.2. The molecule has 0 aromatic heterocycles. The van der Waals surface area contributed by atoms with E-state index in [9.17, 15) is 4.79 Å². The molecule has 0 spiro atoms. The monoisotopic (exact) mass is 553 g/mol. The van der Waals surface area contributed by atoms with Gasteiger partial charge in [-0.2, -0.15) is 11.8 Å². The second kappa shape index (κ2) is 12.8. The number of halogens is 1. The third kappa shape index (κ3) is 7.60. The molecule has 2 N–H and O–H groups in total. The van der Waals surface area contributed by atoms with E-state index in [0.717, 1.165) is 24.6 Å². The Morgan fingerprint density at radius 3 is 1.97 bits per heavy atom. The molecule has 0 radical (unpaired) electrons. The van der Waals surface area contributed by atoms with Gasteiger partial charge in [0.1, 0.15) is 0 Å². The zero-order valence-electron chi connectivity index (χ0n) is 18.4. The summed E-state index contributed by atoms with van der Waals surface area (Å²) in [6, 6.07) is 16.4. The summed E-state index contributed by atoms with van der Waals surface area (Å²) in [6.07, 6.45) is 0. The average molecular weight is 554 g/mol. The van der Waals surface area contributed by atoms with Crippen LogP contribution in [0.15, 0.2) is 53.5 Å². The van der Waals surface area contributed by atoms with Crippen molar-refractivity contribution in [1.82, 2.24) is 15.5 Å². The Hall–Kier alpha value is -1.94. The van der Waals surface area contributed by atoms with E-state index in [1.807, 2.05) is 36.0 Å². The highest BCUT2D eigenvalue weighted by Crippen LogP contribution is 2.19. The minimum atomic E-state index is 0. The minimum Gasteiger partial charge on any atom is -0.370 e. The molecule has 168 valence electrons. The summed E-state index contributed by atoms with van der Waals surface area (Å²) in [5.74, 6) is 3.18. The van der Waals surface area contributed by atoms with Crippen molar-refractivity contribution in [2.75, 3.05) is 50.6 Å². The molecule has 1 heterocycles. The van der Waals surface area contributed by atoms with E-state index >= 15 is 0 Å². The highest BCUT2D eigenvalue weighted by Gasteiger charge is 2.11. The second-order valence-corrected chi connectivity index (χ2v) is 8.67. The van der Waals surface area contributed by atoms with Gasteiger partial charge in [0.2, 0.25) is 0 Å². The maximum atomic E-state index is 12.0. The summed E-state index contributed by atoms with van der Waals surface area (Å²) in [7, 11) is 5.29. The lowest BCUT2D eigenvalue weighted by atomic mass is 10.1. The molecule has 1 aliphatic heterocycles. The molecule has 2 aromatic rings. The Morgan fingerprint density at radius 1 is 0.968 bits per heavy atom. The van der Waals surface area contributed by atoms with E-state index < -0.39 is 0 Å². The molecule has 0 bridgehead atoms. The summed E-state index contributed by atoms with van der Waals surface area (Å²) in [6.45, 7) is 3.61. The van der Waals surface area contributed by atoms with Crippen molar-refractivity contribution in [3.8, 4) is 0 Å². The smallest absolute Gasteiger partial charge is 0.253 e. The van der Waals surface area contributed by atoms with Crippen molar-refractivity contribution >= 4 is 53.3 Å². The fourth-order valence-corrected chi connectivity index (χ4v) is 4.16. The first kappa shape index (κ1) is 25.3. The Labute approximate surface area is 206 Å². The van der Waals surface area contributed by atoms with Crippen LogP contribution in [-0.4, -0.2) is 62.5 Å². The molecule has 0 saturated carbocycles. The molecule has 0 aliphatic carbocycles. The van der Waals surface area contributed by atoms with Crippen LogP contribution < -0.4 is 15.5 Å². The largest absolute Gasteiger partial charge is 0.370 e. The molecule has 1 saturated heterocycles. The van der Waals surface area contributed by atoms with Crippen molar-refractivity contribution in [2.45, 2.75) is 13.1 Å². The van der Waals surface area contributed by atoms with Crippen LogP contribution in [0.3, 0.4) is 0 Å². The van der Waals surface area contributed by atoms with E-state index in [1.165, 1.54) is 22.8 Å². The topological polar surface area (TPSA) is 60.0 Å². The van der Waals surface area contributed by atoms with E-state index in [1.54, 1.807) is 26.0 Å². The first-order chi connectivity index (χ1) is 14.6. The third-order valence-corrected chi connectivity index (χ3v) is 6.01. The van der Waals surface area contributed by atoms with Crippen LogP contribution in [0.1, 0.15) is 21.5 Å². The van der Waals surface area contributed by atoms with Gasteiger partial charge in [-0.25, -0.2) is 0 Å². The van der Waals surface area contributed by atoms with Crippen molar-refractivity contribution < 1.29 is 4.79 Å². The van der Waals surface area contributed by atoms with Crippen LogP contribution in [0.25, 0.3) is 0 Å². The molecule has 1 fully saturated rings. The quantitative estimate of drug-likeness (QED) is 0.326. The van der Waals surface area contributed by atoms with Gasteiger partial charge in [0.25, 0.3) is 5.91 Å². The first-order valence-corrected chi connectivity index (χ1v) is 11.4. The van der Waals surface area contributed by atoms with Crippen LogP contribution in [0.5, 0.6) is 0 Å². The molecule has 0 unspecified atom stereocenters. The van der Waals surface area contributed by atoms with E-state index in [-0.39, 0.29) is 29.9 Å². The van der Waals surface area contributed by atoms with Gasteiger partial charge < -0.3 is 20.4 Å². The van der Waals surface area contributed by atoms with Gasteiger partial charge in [0, 0.05) is 70.1 Å². The van der Waals surface area contributed by atoms with Crippen molar-refractivity contribution in [1.29, 1.82) is 0 Å². The summed E-state index contributed by atoms with van der Waals surface area (Å²) < 4.78 is 0. The summed E-state index contributed by atoms with van der Waals surface area (Å²) in [5, 5.41) is 6.68. The lowest BCUT2D eigenvalue weighted by molar-refractivity contribution is 0.0827. The zero-order valence-corrected chi connectivity index (χ0v) is 21.6. The number of thioether (sulfide) groups is 1. The van der Waals surface area contributed by atoms with Crippen LogP contribution in [0.2, 0.25) is 0 Å². The van der Waals surface area contributed by atoms with Crippen LogP contribution in [0, 0.1) is 0 Å². The lowest BCUT2D eigenvalue weighted by Gasteiger charge is -2.28. The Balaban J connectivity index is 0.00000341. The number of guanidine groups is 1. The van der Waals surface area contributed by atoms with Crippen LogP contribution >= 0.6 is 35.7 Å². The number of hydrogen-bond donors (Lipinski definition) is 2. The fraction of sp³-hybridized carbons (Fsp3) is 0.391. The van der Waals surface area contributed by atoms with Crippen molar-refractivity contribution in [3.05, 3.63) is 65.2 Å². The number of anilines is 1. The van der Waals surface area contributed by atoms with Crippen LogP contribution in [-0.2, 0) is 13.1 Å². The van der Waals surface area contributed by atoms with Gasteiger partial charge in [0.15, 0.2) is 5.96 Å². The van der Waals surface area contributed by atoms with Gasteiger partial charge in [0.05, 0.1) is 0 Å². The van der Waals surface area contributed by atoms with Crippen molar-refractivity contribution in [2.24, 2.45) is 4.99 Å². The number of benzene rings is 2. The zero-order chi connectivity index (χ0) is 21.3. The molecule has 1 amide bonds. The summed E-state index contributed by atoms with van der Waals surface area (Å²) >= 11 is 2.03. The van der Waals surface area contributed by atoms with Gasteiger partial charge in [-0.05, 0) is 35.4 Å². The average Bonchev–Trinajstić information content (AvgIpc) is 2.80. The number of carbonyl (C=O) groups excluding carboxylic acids is 1. The number of nitrogens with one attached hydrogen (secondary N) is 2. The molecule has 3 rings (SSSR count). The van der Waals surface area contributed by atoms with Gasteiger partial charge >= 0.3 is 0 Å². The van der Waals surface area contributed by atoms with E-state index in [0.29, 0.717) is 18.7 Å². The number of carbonyl (C=O) groups is 1. The lowest BCUT2D eigenvalue weighted by Crippen LogP contribution is -2.36. The highest BCUT2D eigenvalue weighted by atomic mass is 127. The Kier molecular flexibility index (Phi) is 10.5. The highest BCUT2D eigenvalue weighted by molar-refractivity contribution is 14.0. The fourth-order valence-electron chi connectivity index (χ4n) is 3.26. The molecule has 6 nitrogen and oxygen atoms in total. The van der Waals surface area contributed by atoms with E-state index in [2.05, 4.69) is 44.8 Å². The molecule has 1 aliphatic rings. The van der Waals surface area contributed by atoms with Gasteiger partial charge in [-0.15, -0.1) is 24.0 Å². The molecular formula is C23H32IN5OS. The van der Waals surface area contributed by atoms with E-state index in [4.69, 9.17) is 0 Å². The van der Waals surface area contributed by atoms with Crippen molar-refractivity contribution in [3.63, 3.8) is 0 Å². The normalized spacial score (nSPS) is 13.9. The van der Waals surface area contributed by atoms with Gasteiger partial charge in [-0.3, -0.25) is 9.79 Å². The number of hydrogen-bond acceptors (Lipinski definition) is 4. The summed E-state index contributed by atoms with van der Waals surface area (Å²) in [4.78, 5) is 20.3. The molecule has 0 atom stereocenters. The molecule has 8 heteroatoms. The Morgan fingerprint density at radius 2 is 1.48 bits per heavy atom. The molecule has 2 aromatic carbocycles. The predicted molar refractivity (Wildman–Crippen MR) is 143 cm³/mol. The maximum Gasteiger partial charge on any atom is 0.253 e. The molecular weight excluding hydrogens is 521 g/mol. The maximum absolute atomic E-state index is 12.0. The second-order valence-electron chi connectivity index (χ2n) is 7.44. The SMILES string of the molecule is CN=C(NCc1ccc(C(=O)N(C)C)cc1)NCc1ccc(N2CCSCC2)cc1.I. The predicted octanol–water partition coefficient (Wildman–Crippen LogP) is 3.42. The molecule has 31 heavy (non-hydrogen) atoms. The standard InChI is InChI=1S/C23H31N5OS.HI/c1-24-23(25-16-18-4-8-20(9-5-18)22(29)27(2)3)26-17-19-6-10-21(11-7-19)28-12-14-30-15-13-28;/h4-11H,12-17H2,1-3H3,(H2,24,25,26);1H. The third-order valence-electron chi connectivity index (χ3n) is 5.06.